The van der Waals surface area contributed by atoms with E-state index in [1.807, 2.05) is 0 Å². The molecule has 4 rings (SSSR count). The van der Waals surface area contributed by atoms with Crippen LogP contribution in [-0.4, -0.2) is 50.1 Å². The molecule has 2 aromatic rings. The van der Waals surface area contributed by atoms with Crippen molar-refractivity contribution in [2.24, 2.45) is 5.41 Å². The molecule has 6 nitrogen and oxygen atoms in total. The minimum Gasteiger partial charge on any atom is -0.391 e. The second-order valence-electron chi connectivity index (χ2n) is 7.44. The van der Waals surface area contributed by atoms with Crippen LogP contribution >= 0.6 is 0 Å². The van der Waals surface area contributed by atoms with Gasteiger partial charge in [-0.2, -0.15) is 13.2 Å². The van der Waals surface area contributed by atoms with Crippen LogP contribution in [-0.2, 0) is 12.7 Å². The van der Waals surface area contributed by atoms with Crippen molar-refractivity contribution in [3.05, 3.63) is 46.8 Å². The van der Waals surface area contributed by atoms with Crippen LogP contribution < -0.4 is 0 Å². The summed E-state index contributed by atoms with van der Waals surface area (Å²) in [4.78, 5) is 14.3. The Balaban J connectivity index is 1.48. The van der Waals surface area contributed by atoms with Crippen LogP contribution in [0.3, 0.4) is 0 Å². The number of aromatic nitrogens is 3. The van der Waals surface area contributed by atoms with Crippen molar-refractivity contribution >= 4 is 5.91 Å². The van der Waals surface area contributed by atoms with Crippen LogP contribution in [0, 0.1) is 12.3 Å². The first-order chi connectivity index (χ1) is 12.7. The quantitative estimate of drug-likeness (QED) is 0.887. The van der Waals surface area contributed by atoms with E-state index in [2.05, 4.69) is 10.3 Å². The van der Waals surface area contributed by atoms with Crippen molar-refractivity contribution in [1.82, 2.24) is 19.9 Å². The van der Waals surface area contributed by atoms with Gasteiger partial charge < -0.3 is 10.0 Å². The van der Waals surface area contributed by atoms with Gasteiger partial charge in [0.1, 0.15) is 0 Å². The summed E-state index contributed by atoms with van der Waals surface area (Å²) >= 11 is 0. The molecule has 1 spiro atoms. The molecule has 2 aliphatic rings. The lowest BCUT2D eigenvalue weighted by molar-refractivity contribution is -0.137. The van der Waals surface area contributed by atoms with Crippen molar-refractivity contribution in [2.75, 3.05) is 13.1 Å². The smallest absolute Gasteiger partial charge is 0.391 e. The highest BCUT2D eigenvalue weighted by atomic mass is 19.4. The van der Waals surface area contributed by atoms with Crippen LogP contribution in [0.4, 0.5) is 13.2 Å². The fourth-order valence-corrected chi connectivity index (χ4v) is 3.59. The van der Waals surface area contributed by atoms with Crippen molar-refractivity contribution in [1.29, 1.82) is 0 Å². The van der Waals surface area contributed by atoms with Gasteiger partial charge in [-0.3, -0.25) is 4.79 Å². The molecule has 0 bridgehead atoms. The lowest BCUT2D eigenvalue weighted by atomic mass is 10.0. The summed E-state index contributed by atoms with van der Waals surface area (Å²) in [5.74, 6) is -0.269. The molecule has 0 radical (unpaired) electrons. The Morgan fingerprint density at radius 3 is 2.52 bits per heavy atom. The van der Waals surface area contributed by atoms with E-state index >= 15 is 0 Å². The predicted molar refractivity (Wildman–Crippen MR) is 88.9 cm³/mol. The number of carbonyl (C=O) groups is 1. The Morgan fingerprint density at radius 1 is 1.30 bits per heavy atom. The zero-order chi connectivity index (χ0) is 19.4. The van der Waals surface area contributed by atoms with E-state index in [-0.39, 0.29) is 23.6 Å². The Labute approximate surface area is 153 Å². The van der Waals surface area contributed by atoms with Gasteiger partial charge in [0.25, 0.3) is 5.91 Å². The molecule has 1 aliphatic heterocycles. The highest BCUT2D eigenvalue weighted by Crippen LogP contribution is 2.52. The van der Waals surface area contributed by atoms with E-state index in [1.165, 1.54) is 16.8 Å². The summed E-state index contributed by atoms with van der Waals surface area (Å²) < 4.78 is 39.4. The number of benzene rings is 1. The third-order valence-corrected chi connectivity index (χ3v) is 5.58. The van der Waals surface area contributed by atoms with Gasteiger partial charge in [-0.25, -0.2) is 4.68 Å². The number of amides is 1. The molecule has 1 saturated carbocycles. The predicted octanol–water partition coefficient (Wildman–Crippen LogP) is 2.25. The zero-order valence-corrected chi connectivity index (χ0v) is 14.7. The average molecular weight is 380 g/mol. The van der Waals surface area contributed by atoms with E-state index in [0.717, 1.165) is 25.0 Å². The fourth-order valence-electron chi connectivity index (χ4n) is 3.59. The zero-order valence-electron chi connectivity index (χ0n) is 14.7. The summed E-state index contributed by atoms with van der Waals surface area (Å²) in [6, 6.07) is 4.82. The normalized spacial score (nSPS) is 21.1. The number of rotatable bonds is 3. The summed E-state index contributed by atoms with van der Waals surface area (Å²) in [5.41, 5.74) is 0.542. The SMILES string of the molecule is Cc1c(C(=O)N2CC(O)C3(CC3)C2)nnn1Cc1ccc(C(F)(F)F)cc1. The standard InChI is InChI=1S/C18H19F3N4O2/c1-11-15(16(27)24-9-14(26)17(10-24)6-7-17)22-23-25(11)8-12-2-4-13(5-3-12)18(19,20)21/h2-5,14,26H,6-10H2,1H3. The van der Waals surface area contributed by atoms with E-state index in [1.54, 1.807) is 11.8 Å². The molecular formula is C18H19F3N4O2. The molecule has 2 heterocycles. The lowest BCUT2D eigenvalue weighted by Gasteiger charge is -2.14. The summed E-state index contributed by atoms with van der Waals surface area (Å²) in [6.45, 7) is 2.75. The fraction of sp³-hybridized carbons (Fsp3) is 0.500. The second-order valence-corrected chi connectivity index (χ2v) is 7.44. The number of carbonyl (C=O) groups excluding carboxylic acids is 1. The monoisotopic (exact) mass is 380 g/mol. The number of aliphatic hydroxyl groups is 1. The van der Waals surface area contributed by atoms with Crippen LogP contribution in [0.2, 0.25) is 0 Å². The van der Waals surface area contributed by atoms with Gasteiger partial charge in [-0.15, -0.1) is 5.10 Å². The Bertz CT molecular complexity index is 872. The molecule has 1 aromatic heterocycles. The molecule has 2 fully saturated rings. The van der Waals surface area contributed by atoms with Gasteiger partial charge in [0.2, 0.25) is 0 Å². The second kappa shape index (κ2) is 6.05. The van der Waals surface area contributed by atoms with Crippen LogP contribution in [0.25, 0.3) is 0 Å². The van der Waals surface area contributed by atoms with E-state index in [9.17, 15) is 23.1 Å². The molecule has 144 valence electrons. The summed E-state index contributed by atoms with van der Waals surface area (Å²) in [5, 5.41) is 18.1. The van der Waals surface area contributed by atoms with E-state index in [0.29, 0.717) is 24.3 Å². The number of β-amino-alcohol motifs (C(OH)–C–C–N with tert-alkyl or cyclic N) is 1. The first-order valence-corrected chi connectivity index (χ1v) is 8.73. The first-order valence-electron chi connectivity index (χ1n) is 8.73. The average Bonchev–Trinajstić information content (AvgIpc) is 3.21. The molecule has 1 amide bonds. The van der Waals surface area contributed by atoms with Crippen molar-refractivity contribution in [2.45, 2.75) is 38.6 Å². The summed E-state index contributed by atoms with van der Waals surface area (Å²) in [7, 11) is 0. The van der Waals surface area contributed by atoms with Crippen molar-refractivity contribution in [3.63, 3.8) is 0 Å². The minimum absolute atomic E-state index is 0.139. The Morgan fingerprint density at radius 2 is 1.96 bits per heavy atom. The van der Waals surface area contributed by atoms with Crippen molar-refractivity contribution < 1.29 is 23.1 Å². The van der Waals surface area contributed by atoms with Gasteiger partial charge in [-0.1, -0.05) is 17.3 Å². The van der Waals surface area contributed by atoms with Crippen molar-refractivity contribution in [3.8, 4) is 0 Å². The van der Waals surface area contributed by atoms with Gasteiger partial charge in [0, 0.05) is 18.5 Å². The molecule has 9 heteroatoms. The number of nitrogens with zero attached hydrogens (tertiary/aromatic N) is 4. The van der Waals surface area contributed by atoms with Gasteiger partial charge in [0.15, 0.2) is 5.69 Å². The maximum Gasteiger partial charge on any atom is 0.416 e. The molecular weight excluding hydrogens is 361 g/mol. The summed E-state index contributed by atoms with van der Waals surface area (Å²) in [6.07, 6.45) is -3.01. The number of hydrogen-bond acceptors (Lipinski definition) is 4. The third-order valence-electron chi connectivity index (χ3n) is 5.58. The van der Waals surface area contributed by atoms with E-state index < -0.39 is 17.8 Å². The third kappa shape index (κ3) is 3.20. The lowest BCUT2D eigenvalue weighted by Crippen LogP contribution is -2.30. The maximum atomic E-state index is 12.7. The van der Waals surface area contributed by atoms with E-state index in [4.69, 9.17) is 0 Å². The number of likely N-dealkylation sites (tertiary alicyclic amines) is 1. The van der Waals surface area contributed by atoms with Gasteiger partial charge >= 0.3 is 6.18 Å². The molecule has 1 aromatic carbocycles. The number of hydrogen-bond donors (Lipinski definition) is 1. The van der Waals surface area contributed by atoms with Gasteiger partial charge in [0.05, 0.1) is 23.9 Å². The number of aliphatic hydroxyl groups excluding tert-OH is 1. The molecule has 1 aliphatic carbocycles. The van der Waals surface area contributed by atoms with Gasteiger partial charge in [-0.05, 0) is 37.5 Å². The Kier molecular flexibility index (Phi) is 4.03. The topological polar surface area (TPSA) is 71.2 Å². The molecule has 1 saturated heterocycles. The van der Waals surface area contributed by atoms with Crippen LogP contribution in [0.5, 0.6) is 0 Å². The van der Waals surface area contributed by atoms with Crippen LogP contribution in [0.15, 0.2) is 24.3 Å². The molecule has 27 heavy (non-hydrogen) atoms. The number of alkyl halides is 3. The molecule has 1 N–H and O–H groups in total. The molecule has 1 unspecified atom stereocenters. The van der Waals surface area contributed by atoms with Crippen LogP contribution in [0.1, 0.15) is 40.2 Å². The first kappa shape index (κ1) is 18.0. The maximum absolute atomic E-state index is 12.7. The Hall–Kier alpha value is -2.42. The largest absolute Gasteiger partial charge is 0.416 e. The minimum atomic E-state index is -4.37. The number of halogens is 3. The highest BCUT2D eigenvalue weighted by Gasteiger charge is 2.55. The highest BCUT2D eigenvalue weighted by molar-refractivity contribution is 5.93. The molecule has 1 atom stereocenters.